The van der Waals surface area contributed by atoms with Gasteiger partial charge in [-0.15, -0.1) is 0 Å². The molecule has 1 rings (SSSR count). The summed E-state index contributed by atoms with van der Waals surface area (Å²) in [7, 11) is 0. The van der Waals surface area contributed by atoms with E-state index in [-0.39, 0.29) is 19.5 Å². The van der Waals surface area contributed by atoms with Crippen LogP contribution in [0, 0.1) is 0 Å². The number of allylic oxidation sites excluding steroid dienone is 4. The van der Waals surface area contributed by atoms with Crippen LogP contribution in [0.25, 0.3) is 0 Å². The Balaban J connectivity index is 0.000000640. The van der Waals surface area contributed by atoms with Crippen LogP contribution in [0.5, 0.6) is 0 Å². The first-order chi connectivity index (χ1) is 4.00. The molecule has 0 fully saturated rings. The molecule has 9 heavy (non-hydrogen) atoms. The second kappa shape index (κ2) is 6.23. The molecule has 0 aromatic rings. The van der Waals surface area contributed by atoms with E-state index < -0.39 is 0 Å². The summed E-state index contributed by atoms with van der Waals surface area (Å²) in [4.78, 5) is 0. The Labute approximate surface area is 69.8 Å². The van der Waals surface area contributed by atoms with Crippen LogP contribution in [-0.4, -0.2) is 0 Å². The predicted molar refractivity (Wildman–Crippen MR) is 36.7 cm³/mol. The average Bonchev–Trinajstić information content (AvgIpc) is 1.62. The molecule has 0 nitrogen and oxygen atoms in total. The van der Waals surface area contributed by atoms with Crippen LogP contribution >= 0.6 is 0 Å². The van der Waals surface area contributed by atoms with E-state index in [1.807, 2.05) is 0 Å². The van der Waals surface area contributed by atoms with Crippen molar-refractivity contribution in [3.05, 3.63) is 24.3 Å². The van der Waals surface area contributed by atoms with Gasteiger partial charge in [0.05, 0.1) is 0 Å². The molecule has 0 aliphatic heterocycles. The van der Waals surface area contributed by atoms with Crippen LogP contribution in [0.4, 0.5) is 0 Å². The van der Waals surface area contributed by atoms with Gasteiger partial charge in [-0.05, 0) is 25.7 Å². The molecule has 1 heteroatoms. The standard InChI is InChI=1S/C8H12.Rh/c1-2-4-6-8-7-5-3-1;/h1-2,7-8H,3-6H2;/b2-1-,8-7?;. The summed E-state index contributed by atoms with van der Waals surface area (Å²) in [5.74, 6) is 0. The molecule has 0 heterocycles. The number of hydrogen-bond acceptors (Lipinski definition) is 0. The van der Waals surface area contributed by atoms with Crippen LogP contribution in [0.3, 0.4) is 0 Å². The first-order valence-corrected chi connectivity index (χ1v) is 3.30. The summed E-state index contributed by atoms with van der Waals surface area (Å²) in [6.07, 6.45) is 14.0. The van der Waals surface area contributed by atoms with Crippen molar-refractivity contribution in [3.8, 4) is 0 Å². The summed E-state index contributed by atoms with van der Waals surface area (Å²) in [6.45, 7) is 0. The van der Waals surface area contributed by atoms with E-state index in [9.17, 15) is 0 Å². The Morgan fingerprint density at radius 2 is 0.778 bits per heavy atom. The van der Waals surface area contributed by atoms with Gasteiger partial charge >= 0.3 is 0 Å². The van der Waals surface area contributed by atoms with E-state index >= 15 is 0 Å². The zero-order valence-corrected chi connectivity index (χ0v) is 7.11. The van der Waals surface area contributed by atoms with Gasteiger partial charge in [0.2, 0.25) is 0 Å². The third-order valence-corrected chi connectivity index (χ3v) is 1.33. The van der Waals surface area contributed by atoms with Gasteiger partial charge in [0.1, 0.15) is 0 Å². The molecular weight excluding hydrogens is 199 g/mol. The van der Waals surface area contributed by atoms with Crippen molar-refractivity contribution in [2.45, 2.75) is 25.7 Å². The minimum absolute atomic E-state index is 0. The predicted octanol–water partition coefficient (Wildman–Crippen LogP) is 2.67. The molecule has 0 amide bonds. The van der Waals surface area contributed by atoms with Gasteiger partial charge in [-0.3, -0.25) is 0 Å². The summed E-state index contributed by atoms with van der Waals surface area (Å²) >= 11 is 0. The molecule has 53 valence electrons. The van der Waals surface area contributed by atoms with Crippen molar-refractivity contribution in [1.29, 1.82) is 0 Å². The zero-order valence-electron chi connectivity index (χ0n) is 5.47. The maximum absolute atomic E-state index is 2.27. The van der Waals surface area contributed by atoms with Crippen molar-refractivity contribution in [2.75, 3.05) is 0 Å². The molecule has 0 aromatic carbocycles. The molecule has 0 saturated heterocycles. The molecule has 0 atom stereocenters. The summed E-state index contributed by atoms with van der Waals surface area (Å²) < 4.78 is 0. The fourth-order valence-electron chi connectivity index (χ4n) is 0.856. The Bertz CT molecular complexity index is 77.1. The van der Waals surface area contributed by atoms with E-state index in [1.54, 1.807) is 0 Å². The number of hydrogen-bond donors (Lipinski definition) is 0. The number of rotatable bonds is 0. The topological polar surface area (TPSA) is 0 Å². The van der Waals surface area contributed by atoms with Crippen LogP contribution in [0.2, 0.25) is 0 Å². The zero-order chi connectivity index (χ0) is 5.66. The van der Waals surface area contributed by atoms with Gasteiger partial charge in [0.15, 0.2) is 0 Å². The molecular formula is C8H12Rh. The van der Waals surface area contributed by atoms with E-state index in [0.717, 1.165) is 0 Å². The molecule has 0 aromatic heterocycles. The summed E-state index contributed by atoms with van der Waals surface area (Å²) in [5.41, 5.74) is 0. The second-order valence-electron chi connectivity index (χ2n) is 2.10. The minimum atomic E-state index is 0. The molecule has 0 N–H and O–H groups in total. The Kier molecular flexibility index (Phi) is 6.30. The van der Waals surface area contributed by atoms with Crippen LogP contribution in [0.15, 0.2) is 24.3 Å². The largest absolute Gasteiger partial charge is 0.0882 e. The fraction of sp³-hybridized carbons (Fsp3) is 0.500. The third kappa shape index (κ3) is 4.60. The van der Waals surface area contributed by atoms with Crippen molar-refractivity contribution in [1.82, 2.24) is 0 Å². The molecule has 1 aliphatic rings. The molecule has 0 bridgehead atoms. The first-order valence-electron chi connectivity index (χ1n) is 3.30. The minimum Gasteiger partial charge on any atom is -0.0882 e. The van der Waals surface area contributed by atoms with E-state index in [0.29, 0.717) is 0 Å². The van der Waals surface area contributed by atoms with Gasteiger partial charge in [-0.1, -0.05) is 24.3 Å². The van der Waals surface area contributed by atoms with Crippen LogP contribution < -0.4 is 0 Å². The SMILES string of the molecule is C1=CCC/C=C\CC1.[Rh]. The van der Waals surface area contributed by atoms with E-state index in [1.165, 1.54) is 25.7 Å². The maximum atomic E-state index is 2.27. The molecule has 0 unspecified atom stereocenters. The first kappa shape index (κ1) is 9.10. The monoisotopic (exact) mass is 211 g/mol. The molecule has 1 aliphatic carbocycles. The Morgan fingerprint density at radius 1 is 0.556 bits per heavy atom. The summed E-state index contributed by atoms with van der Waals surface area (Å²) in [6, 6.07) is 0. The van der Waals surface area contributed by atoms with E-state index in [4.69, 9.17) is 0 Å². The molecule has 1 radical (unpaired) electrons. The van der Waals surface area contributed by atoms with Gasteiger partial charge < -0.3 is 0 Å². The van der Waals surface area contributed by atoms with Crippen molar-refractivity contribution in [3.63, 3.8) is 0 Å². The van der Waals surface area contributed by atoms with Gasteiger partial charge in [-0.25, -0.2) is 0 Å². The second-order valence-corrected chi connectivity index (χ2v) is 2.10. The van der Waals surface area contributed by atoms with Crippen LogP contribution in [0.1, 0.15) is 25.7 Å². The van der Waals surface area contributed by atoms with Crippen molar-refractivity contribution in [2.24, 2.45) is 0 Å². The van der Waals surface area contributed by atoms with Crippen molar-refractivity contribution >= 4 is 0 Å². The fourth-order valence-corrected chi connectivity index (χ4v) is 0.856. The maximum Gasteiger partial charge on any atom is 0 e. The Hall–Kier alpha value is 0.103. The molecule has 0 saturated carbocycles. The van der Waals surface area contributed by atoms with Crippen molar-refractivity contribution < 1.29 is 19.5 Å². The molecule has 0 spiro atoms. The quantitative estimate of drug-likeness (QED) is 0.426. The van der Waals surface area contributed by atoms with Gasteiger partial charge in [0, 0.05) is 19.5 Å². The average molecular weight is 211 g/mol. The Morgan fingerprint density at radius 3 is 1.00 bits per heavy atom. The third-order valence-electron chi connectivity index (χ3n) is 1.33. The van der Waals surface area contributed by atoms with Gasteiger partial charge in [-0.2, -0.15) is 0 Å². The smallest absolute Gasteiger partial charge is 0 e. The van der Waals surface area contributed by atoms with Gasteiger partial charge in [0.25, 0.3) is 0 Å². The summed E-state index contributed by atoms with van der Waals surface area (Å²) in [5, 5.41) is 0. The van der Waals surface area contributed by atoms with E-state index in [2.05, 4.69) is 24.3 Å². The normalized spacial score (nSPS) is 21.3. The van der Waals surface area contributed by atoms with Crippen LogP contribution in [-0.2, 0) is 19.5 Å².